The van der Waals surface area contributed by atoms with Crippen LogP contribution in [0, 0.1) is 6.92 Å². The molecule has 94 valence electrons. The fraction of sp³-hybridized carbons (Fsp3) is 0.455. The van der Waals surface area contributed by atoms with Crippen LogP contribution in [0.25, 0.3) is 0 Å². The highest BCUT2D eigenvalue weighted by Gasteiger charge is 2.23. The fourth-order valence-electron chi connectivity index (χ4n) is 1.43. The van der Waals surface area contributed by atoms with Crippen LogP contribution in [0.2, 0.25) is 0 Å². The predicted molar refractivity (Wildman–Crippen MR) is 67.4 cm³/mol. The van der Waals surface area contributed by atoms with Crippen molar-refractivity contribution in [1.82, 2.24) is 5.32 Å². The first kappa shape index (κ1) is 13.5. The molecule has 0 unspecified atom stereocenters. The Morgan fingerprint density at radius 2 is 2.12 bits per heavy atom. The molecular weight excluding hydrogens is 240 g/mol. The number of hydrogen-bond donors (Lipinski definition) is 2. The normalized spacial score (nSPS) is 10.1. The number of nitrogens with one attached hydrogen (secondary N) is 1. The summed E-state index contributed by atoms with van der Waals surface area (Å²) in [5.41, 5.74) is 6.71. The Balaban J connectivity index is 3.05. The molecular formula is C11H16N2O3S. The number of amides is 1. The van der Waals surface area contributed by atoms with E-state index in [1.807, 2.05) is 6.92 Å². The third kappa shape index (κ3) is 2.76. The molecule has 0 aromatic carbocycles. The number of nitrogen functional groups attached to an aromatic ring is 1. The zero-order valence-electron chi connectivity index (χ0n) is 10.1. The monoisotopic (exact) mass is 256 g/mol. The maximum atomic E-state index is 11.8. The van der Waals surface area contributed by atoms with Gasteiger partial charge in [0, 0.05) is 6.54 Å². The van der Waals surface area contributed by atoms with Gasteiger partial charge in [-0.3, -0.25) is 4.79 Å². The molecule has 1 aromatic heterocycles. The summed E-state index contributed by atoms with van der Waals surface area (Å²) in [5, 5.41) is 3.08. The van der Waals surface area contributed by atoms with Crippen molar-refractivity contribution in [3.05, 3.63) is 16.0 Å². The fourth-order valence-corrected chi connectivity index (χ4v) is 2.42. The van der Waals surface area contributed by atoms with Crippen LogP contribution in [0.5, 0.6) is 0 Å². The Labute approximate surface area is 104 Å². The van der Waals surface area contributed by atoms with Gasteiger partial charge in [0.15, 0.2) is 0 Å². The molecule has 0 aliphatic rings. The van der Waals surface area contributed by atoms with Crippen molar-refractivity contribution in [3.63, 3.8) is 0 Å². The van der Waals surface area contributed by atoms with Gasteiger partial charge in [0.05, 0.1) is 17.7 Å². The van der Waals surface area contributed by atoms with Gasteiger partial charge < -0.3 is 15.8 Å². The summed E-state index contributed by atoms with van der Waals surface area (Å²) in [6, 6.07) is 0. The van der Waals surface area contributed by atoms with Gasteiger partial charge in [0.25, 0.3) is 5.91 Å². The minimum atomic E-state index is -0.464. The number of ether oxygens (including phenoxy) is 1. The van der Waals surface area contributed by atoms with Gasteiger partial charge in [-0.2, -0.15) is 0 Å². The van der Waals surface area contributed by atoms with E-state index in [4.69, 9.17) is 5.73 Å². The summed E-state index contributed by atoms with van der Waals surface area (Å²) >= 11 is 1.08. The zero-order chi connectivity index (χ0) is 13.0. The molecule has 0 atom stereocenters. The average molecular weight is 256 g/mol. The molecule has 1 rings (SSSR count). The first-order valence-electron chi connectivity index (χ1n) is 5.28. The van der Waals surface area contributed by atoms with Crippen LogP contribution < -0.4 is 11.1 Å². The van der Waals surface area contributed by atoms with Crippen LogP contribution in [0.4, 0.5) is 5.00 Å². The van der Waals surface area contributed by atoms with E-state index in [0.29, 0.717) is 27.5 Å². The maximum absolute atomic E-state index is 11.8. The quantitative estimate of drug-likeness (QED) is 0.801. The first-order chi connectivity index (χ1) is 8.02. The van der Waals surface area contributed by atoms with E-state index in [1.54, 1.807) is 6.92 Å². The molecule has 0 aliphatic carbocycles. The number of thiophene rings is 1. The smallest absolute Gasteiger partial charge is 0.348 e. The van der Waals surface area contributed by atoms with Crippen LogP contribution >= 0.6 is 11.3 Å². The second-order valence-electron chi connectivity index (χ2n) is 3.54. The lowest BCUT2D eigenvalue weighted by molar-refractivity contribution is 0.0605. The molecule has 0 radical (unpaired) electrons. The lowest BCUT2D eigenvalue weighted by Crippen LogP contribution is -2.25. The lowest BCUT2D eigenvalue weighted by Gasteiger charge is -2.04. The Bertz CT molecular complexity index is 440. The van der Waals surface area contributed by atoms with Gasteiger partial charge in [-0.15, -0.1) is 11.3 Å². The number of rotatable bonds is 4. The summed E-state index contributed by atoms with van der Waals surface area (Å²) < 4.78 is 4.63. The molecule has 1 aromatic rings. The topological polar surface area (TPSA) is 81.4 Å². The minimum Gasteiger partial charge on any atom is -0.465 e. The molecule has 17 heavy (non-hydrogen) atoms. The molecule has 0 fully saturated rings. The highest BCUT2D eigenvalue weighted by molar-refractivity contribution is 7.18. The number of hydrogen-bond acceptors (Lipinski definition) is 5. The molecule has 0 saturated carbocycles. The summed E-state index contributed by atoms with van der Waals surface area (Å²) in [4.78, 5) is 23.7. The maximum Gasteiger partial charge on any atom is 0.348 e. The van der Waals surface area contributed by atoms with Crippen LogP contribution in [0.1, 0.15) is 38.9 Å². The summed E-state index contributed by atoms with van der Waals surface area (Å²) in [7, 11) is 1.30. The van der Waals surface area contributed by atoms with E-state index in [1.165, 1.54) is 7.11 Å². The van der Waals surface area contributed by atoms with Crippen LogP contribution in [0.15, 0.2) is 0 Å². The molecule has 6 heteroatoms. The highest BCUT2D eigenvalue weighted by atomic mass is 32.1. The molecule has 0 aliphatic heterocycles. The Kier molecular flexibility index (Phi) is 4.51. The minimum absolute atomic E-state index is 0.242. The van der Waals surface area contributed by atoms with E-state index in [0.717, 1.165) is 17.8 Å². The van der Waals surface area contributed by atoms with Gasteiger partial charge in [0.1, 0.15) is 4.88 Å². The van der Waals surface area contributed by atoms with Crippen LogP contribution in [-0.4, -0.2) is 25.5 Å². The van der Waals surface area contributed by atoms with Crippen LogP contribution in [-0.2, 0) is 4.74 Å². The van der Waals surface area contributed by atoms with Gasteiger partial charge in [-0.25, -0.2) is 4.79 Å². The third-order valence-electron chi connectivity index (χ3n) is 2.31. The molecule has 1 amide bonds. The van der Waals surface area contributed by atoms with Gasteiger partial charge in [0.2, 0.25) is 0 Å². The van der Waals surface area contributed by atoms with Crippen molar-refractivity contribution in [2.45, 2.75) is 20.3 Å². The van der Waals surface area contributed by atoms with Gasteiger partial charge in [-0.05, 0) is 18.9 Å². The molecule has 1 heterocycles. The Hall–Kier alpha value is -1.56. The van der Waals surface area contributed by atoms with E-state index in [-0.39, 0.29) is 5.91 Å². The first-order valence-corrected chi connectivity index (χ1v) is 6.09. The van der Waals surface area contributed by atoms with Crippen molar-refractivity contribution in [1.29, 1.82) is 0 Å². The average Bonchev–Trinajstić information content (AvgIpc) is 2.61. The number of carbonyl (C=O) groups excluding carboxylic acids is 2. The van der Waals surface area contributed by atoms with E-state index >= 15 is 0 Å². The lowest BCUT2D eigenvalue weighted by atomic mass is 10.1. The zero-order valence-corrected chi connectivity index (χ0v) is 10.9. The van der Waals surface area contributed by atoms with Crippen molar-refractivity contribution < 1.29 is 14.3 Å². The molecule has 0 bridgehead atoms. The molecule has 3 N–H and O–H groups in total. The second-order valence-corrected chi connectivity index (χ2v) is 4.60. The standard InChI is InChI=1S/C11H16N2O3S/c1-4-5-13-10(14)7-6(2)8(11(15)16-3)17-9(7)12/h4-5,12H2,1-3H3,(H,13,14). The third-order valence-corrected chi connectivity index (χ3v) is 3.41. The number of methoxy groups -OCH3 is 1. The predicted octanol–water partition coefficient (Wildman–Crippen LogP) is 1.57. The van der Waals surface area contributed by atoms with Crippen molar-refractivity contribution in [2.24, 2.45) is 0 Å². The Morgan fingerprint density at radius 1 is 1.47 bits per heavy atom. The van der Waals surface area contributed by atoms with E-state index in [9.17, 15) is 9.59 Å². The van der Waals surface area contributed by atoms with Gasteiger partial charge >= 0.3 is 5.97 Å². The highest BCUT2D eigenvalue weighted by Crippen LogP contribution is 2.30. The number of anilines is 1. The molecule has 5 nitrogen and oxygen atoms in total. The Morgan fingerprint density at radius 3 is 2.65 bits per heavy atom. The number of carbonyl (C=O) groups is 2. The number of nitrogens with two attached hydrogens (primary N) is 1. The second kappa shape index (κ2) is 5.67. The molecule has 0 spiro atoms. The summed E-state index contributed by atoms with van der Waals surface area (Å²) in [6.45, 7) is 4.24. The summed E-state index contributed by atoms with van der Waals surface area (Å²) in [5.74, 6) is -0.706. The van der Waals surface area contributed by atoms with E-state index < -0.39 is 5.97 Å². The van der Waals surface area contributed by atoms with E-state index in [2.05, 4.69) is 10.1 Å². The van der Waals surface area contributed by atoms with Crippen molar-refractivity contribution in [2.75, 3.05) is 19.4 Å². The van der Waals surface area contributed by atoms with Crippen molar-refractivity contribution in [3.8, 4) is 0 Å². The SMILES string of the molecule is CCCNC(=O)c1c(N)sc(C(=O)OC)c1C. The van der Waals surface area contributed by atoms with Crippen LogP contribution in [0.3, 0.4) is 0 Å². The number of esters is 1. The van der Waals surface area contributed by atoms with Crippen molar-refractivity contribution >= 4 is 28.2 Å². The largest absolute Gasteiger partial charge is 0.465 e. The summed E-state index contributed by atoms with van der Waals surface area (Å²) in [6.07, 6.45) is 0.846. The van der Waals surface area contributed by atoms with Gasteiger partial charge in [-0.1, -0.05) is 6.92 Å². The molecule has 0 saturated heterocycles.